The number of rotatable bonds is 0. The van der Waals surface area contributed by atoms with Crippen LogP contribution in [0.3, 0.4) is 0 Å². The van der Waals surface area contributed by atoms with Crippen LogP contribution in [-0.2, 0) is 9.62 Å². The van der Waals surface area contributed by atoms with Crippen molar-refractivity contribution in [2.24, 2.45) is 5.92 Å². The van der Waals surface area contributed by atoms with E-state index in [0.29, 0.717) is 6.10 Å². The van der Waals surface area contributed by atoms with E-state index in [0.717, 1.165) is 12.5 Å². The van der Waals surface area contributed by atoms with Crippen molar-refractivity contribution in [2.45, 2.75) is 32.8 Å². The second-order valence-electron chi connectivity index (χ2n) is 2.99. The van der Waals surface area contributed by atoms with Gasteiger partial charge in [0.15, 0.2) is 0 Å². The fraction of sp³-hybridized carbons (Fsp3) is 0.800. The van der Waals surface area contributed by atoms with Gasteiger partial charge < -0.3 is 4.74 Å². The van der Waals surface area contributed by atoms with Crippen LogP contribution in [0.5, 0.6) is 0 Å². The Morgan fingerprint density at radius 1 is 1.38 bits per heavy atom. The first-order valence-electron chi connectivity index (χ1n) is 4.33. The fourth-order valence-corrected chi connectivity index (χ4v) is 1.22. The zero-order valence-electron chi connectivity index (χ0n) is 8.69. The maximum Gasteiger partial charge on any atom is 0.0710 e. The smallest absolute Gasteiger partial charge is 0.0710 e. The Morgan fingerprint density at radius 2 is 1.85 bits per heavy atom. The van der Waals surface area contributed by atoms with Crippen LogP contribution in [0.4, 0.5) is 0 Å². The minimum atomic E-state index is 0.513. The minimum absolute atomic E-state index is 0.513. The van der Waals surface area contributed by atoms with Crippen LogP contribution < -0.4 is 0 Å². The SMILES string of the molecule is C#C.COO.C[C@H]1CCO[C@@H](C)C1. The van der Waals surface area contributed by atoms with E-state index in [2.05, 4.69) is 31.6 Å². The molecule has 0 bridgehead atoms. The monoisotopic (exact) mass is 188 g/mol. The number of hydrogen-bond donors (Lipinski definition) is 1. The maximum atomic E-state index is 7.07. The lowest BCUT2D eigenvalue weighted by Gasteiger charge is -2.23. The Kier molecular flexibility index (Phi) is 13.1. The molecule has 1 heterocycles. The quantitative estimate of drug-likeness (QED) is 0.360. The van der Waals surface area contributed by atoms with Gasteiger partial charge in [0.2, 0.25) is 0 Å². The summed E-state index contributed by atoms with van der Waals surface area (Å²) in [6, 6.07) is 0. The largest absolute Gasteiger partial charge is 0.378 e. The lowest BCUT2D eigenvalue weighted by atomic mass is 9.99. The zero-order valence-corrected chi connectivity index (χ0v) is 8.69. The highest BCUT2D eigenvalue weighted by atomic mass is 17.1. The van der Waals surface area contributed by atoms with Crippen molar-refractivity contribution in [1.29, 1.82) is 0 Å². The maximum absolute atomic E-state index is 7.07. The van der Waals surface area contributed by atoms with Gasteiger partial charge in [-0.25, -0.2) is 4.89 Å². The predicted octanol–water partition coefficient (Wildman–Crippen LogP) is 2.18. The zero-order chi connectivity index (χ0) is 10.7. The summed E-state index contributed by atoms with van der Waals surface area (Å²) in [6.45, 7) is 5.41. The normalized spacial score (nSPS) is 26.0. The molecule has 0 spiro atoms. The molecule has 3 heteroatoms. The average molecular weight is 188 g/mol. The highest BCUT2D eigenvalue weighted by Gasteiger charge is 2.13. The van der Waals surface area contributed by atoms with Crippen LogP contribution in [0.15, 0.2) is 0 Å². The molecule has 0 unspecified atom stereocenters. The summed E-state index contributed by atoms with van der Waals surface area (Å²) < 4.78 is 5.35. The van der Waals surface area contributed by atoms with Gasteiger partial charge in [-0.2, -0.15) is 0 Å². The van der Waals surface area contributed by atoms with Crippen LogP contribution >= 0.6 is 0 Å². The fourth-order valence-electron chi connectivity index (χ4n) is 1.22. The third kappa shape index (κ3) is 11.4. The Labute approximate surface area is 81.0 Å². The summed E-state index contributed by atoms with van der Waals surface area (Å²) in [4.78, 5) is 3.25. The number of terminal acetylenes is 1. The van der Waals surface area contributed by atoms with Crippen LogP contribution in [-0.4, -0.2) is 25.1 Å². The highest BCUT2D eigenvalue weighted by Crippen LogP contribution is 2.18. The first kappa shape index (κ1) is 14.9. The predicted molar refractivity (Wildman–Crippen MR) is 53.3 cm³/mol. The molecule has 0 aromatic heterocycles. The molecule has 1 saturated heterocycles. The van der Waals surface area contributed by atoms with E-state index in [1.807, 2.05) is 0 Å². The number of hydrogen-bond acceptors (Lipinski definition) is 3. The molecule has 78 valence electrons. The van der Waals surface area contributed by atoms with Gasteiger partial charge >= 0.3 is 0 Å². The molecule has 0 saturated carbocycles. The Bertz CT molecular complexity index is 104. The molecule has 0 aromatic carbocycles. The lowest BCUT2D eigenvalue weighted by molar-refractivity contribution is -0.214. The van der Waals surface area contributed by atoms with Gasteiger partial charge in [-0.15, -0.1) is 12.8 Å². The van der Waals surface area contributed by atoms with E-state index in [4.69, 9.17) is 9.99 Å². The molecule has 1 fully saturated rings. The van der Waals surface area contributed by atoms with Gasteiger partial charge in [-0.05, 0) is 25.7 Å². The van der Waals surface area contributed by atoms with Crippen molar-refractivity contribution in [3.8, 4) is 12.8 Å². The van der Waals surface area contributed by atoms with E-state index in [1.54, 1.807) is 0 Å². The molecule has 1 rings (SSSR count). The van der Waals surface area contributed by atoms with Crippen molar-refractivity contribution in [3.63, 3.8) is 0 Å². The summed E-state index contributed by atoms with van der Waals surface area (Å²) in [5.74, 6) is 0.888. The third-order valence-electron chi connectivity index (χ3n) is 1.75. The molecule has 0 amide bonds. The van der Waals surface area contributed by atoms with Crippen molar-refractivity contribution in [1.82, 2.24) is 0 Å². The molecule has 0 radical (unpaired) electrons. The van der Waals surface area contributed by atoms with E-state index in [9.17, 15) is 0 Å². The van der Waals surface area contributed by atoms with Crippen molar-refractivity contribution in [3.05, 3.63) is 0 Å². The Hall–Kier alpha value is -0.560. The van der Waals surface area contributed by atoms with Crippen molar-refractivity contribution in [2.75, 3.05) is 13.7 Å². The van der Waals surface area contributed by atoms with E-state index < -0.39 is 0 Å². The summed E-state index contributed by atoms with van der Waals surface area (Å²) in [7, 11) is 1.18. The second kappa shape index (κ2) is 11.4. The van der Waals surface area contributed by atoms with Gasteiger partial charge in [0.05, 0.1) is 13.2 Å². The average Bonchev–Trinajstić information content (AvgIpc) is 2.08. The Morgan fingerprint density at radius 3 is 2.08 bits per heavy atom. The molecule has 2 atom stereocenters. The van der Waals surface area contributed by atoms with Crippen LogP contribution in [0, 0.1) is 18.8 Å². The standard InChI is InChI=1S/C7H14O.C2H2.CH4O2/c1-6-3-4-8-7(2)5-6;1-2;1-3-2/h6-7H,3-5H2,1-2H3;1-2H;2H,1H3/t6-,7-;;/m0../s1. The van der Waals surface area contributed by atoms with Crippen molar-refractivity contribution >= 4 is 0 Å². The van der Waals surface area contributed by atoms with E-state index >= 15 is 0 Å². The van der Waals surface area contributed by atoms with Gasteiger partial charge in [0.25, 0.3) is 0 Å². The molecular formula is C10H20O3. The van der Waals surface area contributed by atoms with Crippen LogP contribution in [0.25, 0.3) is 0 Å². The minimum Gasteiger partial charge on any atom is -0.378 e. The molecule has 13 heavy (non-hydrogen) atoms. The molecule has 1 aliphatic rings. The summed E-state index contributed by atoms with van der Waals surface area (Å²) in [5.41, 5.74) is 0. The van der Waals surface area contributed by atoms with Gasteiger partial charge in [-0.3, -0.25) is 5.26 Å². The molecular weight excluding hydrogens is 168 g/mol. The summed E-state index contributed by atoms with van der Waals surface area (Å²) in [6.07, 6.45) is 11.0. The van der Waals surface area contributed by atoms with Crippen LogP contribution in [0.1, 0.15) is 26.7 Å². The first-order valence-corrected chi connectivity index (χ1v) is 4.33. The van der Waals surface area contributed by atoms with Gasteiger partial charge in [0, 0.05) is 6.61 Å². The van der Waals surface area contributed by atoms with Crippen molar-refractivity contribution < 1.29 is 14.9 Å². The third-order valence-corrected chi connectivity index (χ3v) is 1.75. The number of ether oxygens (including phenoxy) is 1. The van der Waals surface area contributed by atoms with Gasteiger partial charge in [0.1, 0.15) is 0 Å². The topological polar surface area (TPSA) is 38.7 Å². The summed E-state index contributed by atoms with van der Waals surface area (Å²) in [5, 5.41) is 7.07. The molecule has 0 aromatic rings. The van der Waals surface area contributed by atoms with Crippen LogP contribution in [0.2, 0.25) is 0 Å². The van der Waals surface area contributed by atoms with Gasteiger partial charge in [-0.1, -0.05) is 6.92 Å². The molecule has 3 nitrogen and oxygen atoms in total. The lowest BCUT2D eigenvalue weighted by Crippen LogP contribution is -2.20. The Balaban J connectivity index is 0. The first-order chi connectivity index (χ1) is 6.20. The van der Waals surface area contributed by atoms with E-state index in [-0.39, 0.29) is 0 Å². The summed E-state index contributed by atoms with van der Waals surface area (Å²) >= 11 is 0. The molecule has 1 aliphatic heterocycles. The second-order valence-corrected chi connectivity index (χ2v) is 2.99. The molecule has 1 N–H and O–H groups in total. The highest BCUT2D eigenvalue weighted by molar-refractivity contribution is 4.63. The molecule has 0 aliphatic carbocycles. The van der Waals surface area contributed by atoms with E-state index in [1.165, 1.54) is 20.0 Å².